The normalized spacial score (nSPS) is 23.6. The Balaban J connectivity index is 2.37. The van der Waals surface area contributed by atoms with Crippen LogP contribution in [0.15, 0.2) is 18.2 Å². The number of benzene rings is 1. The van der Waals surface area contributed by atoms with E-state index in [1.54, 1.807) is 7.05 Å². The van der Waals surface area contributed by atoms with Crippen LogP contribution in [0, 0.1) is 0 Å². The summed E-state index contributed by atoms with van der Waals surface area (Å²) in [6.07, 6.45) is -8.45. The maximum atomic E-state index is 12.7. The van der Waals surface area contributed by atoms with Crippen LogP contribution in [0.2, 0.25) is 0 Å². The Morgan fingerprint density at radius 2 is 1.35 bits per heavy atom. The molecule has 1 fully saturated rings. The molecule has 0 bridgehead atoms. The van der Waals surface area contributed by atoms with Gasteiger partial charge in [0.05, 0.1) is 11.1 Å². The van der Waals surface area contributed by atoms with E-state index in [1.807, 2.05) is 0 Å². The summed E-state index contributed by atoms with van der Waals surface area (Å²) in [5, 5.41) is 2.95. The van der Waals surface area contributed by atoms with E-state index in [-0.39, 0.29) is 23.6 Å². The van der Waals surface area contributed by atoms with Gasteiger partial charge in [-0.1, -0.05) is 0 Å². The highest BCUT2D eigenvalue weighted by Crippen LogP contribution is 2.42. The molecule has 0 amide bonds. The number of alkyl halides is 6. The van der Waals surface area contributed by atoms with Crippen molar-refractivity contribution >= 4 is 0 Å². The molecule has 1 aliphatic rings. The standard InChI is InChI=1S/C13H13F6N/c1-20-11-4-8(5-11)7-2-9(12(14,15)16)6-10(3-7)13(17,18)19/h2-3,6,8,11,20H,4-5H2,1H3. The molecule has 0 unspecified atom stereocenters. The molecule has 20 heavy (non-hydrogen) atoms. The fourth-order valence-electron chi connectivity index (χ4n) is 2.34. The van der Waals surface area contributed by atoms with Crippen molar-refractivity contribution in [2.75, 3.05) is 7.05 Å². The van der Waals surface area contributed by atoms with Crippen molar-refractivity contribution in [2.45, 2.75) is 37.2 Å². The molecule has 1 aliphatic carbocycles. The summed E-state index contributed by atoms with van der Waals surface area (Å²) in [6, 6.07) is 1.97. The topological polar surface area (TPSA) is 12.0 Å². The molecule has 1 saturated carbocycles. The van der Waals surface area contributed by atoms with E-state index < -0.39 is 23.5 Å². The molecule has 0 spiro atoms. The maximum Gasteiger partial charge on any atom is 0.416 e. The Bertz CT molecular complexity index is 452. The molecule has 1 aromatic carbocycles. The molecular formula is C13H13F6N. The van der Waals surface area contributed by atoms with E-state index in [4.69, 9.17) is 0 Å². The average molecular weight is 297 g/mol. The third kappa shape index (κ3) is 3.08. The lowest BCUT2D eigenvalue weighted by molar-refractivity contribution is -0.143. The molecular weight excluding hydrogens is 284 g/mol. The van der Waals surface area contributed by atoms with Gasteiger partial charge >= 0.3 is 12.4 Å². The van der Waals surface area contributed by atoms with Crippen molar-refractivity contribution in [1.82, 2.24) is 5.32 Å². The van der Waals surface area contributed by atoms with Crippen LogP contribution in [0.1, 0.15) is 35.4 Å². The van der Waals surface area contributed by atoms with E-state index in [9.17, 15) is 26.3 Å². The van der Waals surface area contributed by atoms with E-state index in [0.29, 0.717) is 12.8 Å². The lowest BCUT2D eigenvalue weighted by Crippen LogP contribution is -2.37. The highest BCUT2D eigenvalue weighted by molar-refractivity contribution is 5.36. The second-order valence-corrected chi connectivity index (χ2v) is 4.99. The minimum atomic E-state index is -4.78. The van der Waals surface area contributed by atoms with E-state index in [1.165, 1.54) is 0 Å². The highest BCUT2D eigenvalue weighted by Gasteiger charge is 2.39. The van der Waals surface area contributed by atoms with Gasteiger partial charge in [-0.3, -0.25) is 0 Å². The van der Waals surface area contributed by atoms with Gasteiger partial charge in [-0.15, -0.1) is 0 Å². The average Bonchev–Trinajstić information content (AvgIpc) is 2.25. The summed E-state index contributed by atoms with van der Waals surface area (Å²) >= 11 is 0. The lowest BCUT2D eigenvalue weighted by atomic mass is 9.75. The molecule has 1 nitrogen and oxygen atoms in total. The first-order chi connectivity index (χ1) is 9.11. The summed E-state index contributed by atoms with van der Waals surface area (Å²) in [5.41, 5.74) is -2.37. The molecule has 0 atom stereocenters. The van der Waals surface area contributed by atoms with Gasteiger partial charge in [0.2, 0.25) is 0 Å². The summed E-state index contributed by atoms with van der Waals surface area (Å²) in [5.74, 6) is -0.254. The Kier molecular flexibility index (Phi) is 3.75. The van der Waals surface area contributed by atoms with Crippen molar-refractivity contribution in [2.24, 2.45) is 0 Å². The second kappa shape index (κ2) is 4.95. The molecule has 0 aromatic heterocycles. The van der Waals surface area contributed by atoms with Crippen LogP contribution in [0.3, 0.4) is 0 Å². The lowest BCUT2D eigenvalue weighted by Gasteiger charge is -2.36. The van der Waals surface area contributed by atoms with Crippen LogP contribution >= 0.6 is 0 Å². The van der Waals surface area contributed by atoms with Gasteiger partial charge < -0.3 is 5.32 Å². The van der Waals surface area contributed by atoms with Crippen molar-refractivity contribution in [3.05, 3.63) is 34.9 Å². The summed E-state index contributed by atoms with van der Waals surface area (Å²) < 4.78 is 76.1. The van der Waals surface area contributed by atoms with Crippen LogP contribution in [-0.4, -0.2) is 13.1 Å². The molecule has 112 valence electrons. The van der Waals surface area contributed by atoms with E-state index >= 15 is 0 Å². The summed E-state index contributed by atoms with van der Waals surface area (Å²) in [7, 11) is 1.72. The van der Waals surface area contributed by atoms with Crippen molar-refractivity contribution in [3.8, 4) is 0 Å². The van der Waals surface area contributed by atoms with Crippen LogP contribution in [0.5, 0.6) is 0 Å². The Hall–Kier alpha value is -1.24. The molecule has 0 saturated heterocycles. The maximum absolute atomic E-state index is 12.7. The number of nitrogens with one attached hydrogen (secondary N) is 1. The van der Waals surface area contributed by atoms with Gasteiger partial charge in [-0.25, -0.2) is 0 Å². The molecule has 2 rings (SSSR count). The van der Waals surface area contributed by atoms with Gasteiger partial charge in [0.25, 0.3) is 0 Å². The first kappa shape index (κ1) is 15.2. The zero-order valence-corrected chi connectivity index (χ0v) is 10.6. The fraction of sp³-hybridized carbons (Fsp3) is 0.538. The number of rotatable bonds is 2. The number of halogens is 6. The first-order valence-corrected chi connectivity index (χ1v) is 6.08. The Morgan fingerprint density at radius 1 is 0.900 bits per heavy atom. The zero-order chi connectivity index (χ0) is 15.1. The fourth-order valence-corrected chi connectivity index (χ4v) is 2.34. The van der Waals surface area contributed by atoms with Gasteiger partial charge in [0.1, 0.15) is 0 Å². The van der Waals surface area contributed by atoms with Gasteiger partial charge in [-0.2, -0.15) is 26.3 Å². The molecule has 1 aromatic rings. The van der Waals surface area contributed by atoms with Crippen LogP contribution < -0.4 is 5.32 Å². The third-order valence-electron chi connectivity index (χ3n) is 3.63. The van der Waals surface area contributed by atoms with Gasteiger partial charge in [0, 0.05) is 6.04 Å². The largest absolute Gasteiger partial charge is 0.416 e. The highest BCUT2D eigenvalue weighted by atomic mass is 19.4. The number of hydrogen-bond acceptors (Lipinski definition) is 1. The molecule has 1 N–H and O–H groups in total. The quantitative estimate of drug-likeness (QED) is 0.807. The third-order valence-corrected chi connectivity index (χ3v) is 3.63. The predicted molar refractivity (Wildman–Crippen MR) is 61.3 cm³/mol. The summed E-state index contributed by atoms with van der Waals surface area (Å²) in [4.78, 5) is 0. The first-order valence-electron chi connectivity index (χ1n) is 6.08. The summed E-state index contributed by atoms with van der Waals surface area (Å²) in [6.45, 7) is 0. The monoisotopic (exact) mass is 297 g/mol. The minimum absolute atomic E-state index is 0.110. The SMILES string of the molecule is CNC1CC(c2cc(C(F)(F)F)cc(C(F)(F)F)c2)C1. The van der Waals surface area contributed by atoms with E-state index in [0.717, 1.165) is 12.1 Å². The molecule has 0 aliphatic heterocycles. The van der Waals surface area contributed by atoms with Gasteiger partial charge in [0.15, 0.2) is 0 Å². The Morgan fingerprint density at radius 3 is 1.70 bits per heavy atom. The molecule has 7 heteroatoms. The van der Waals surface area contributed by atoms with E-state index in [2.05, 4.69) is 5.32 Å². The van der Waals surface area contributed by atoms with Crippen LogP contribution in [0.4, 0.5) is 26.3 Å². The van der Waals surface area contributed by atoms with Gasteiger partial charge in [-0.05, 0) is 49.6 Å². The van der Waals surface area contributed by atoms with Crippen molar-refractivity contribution in [1.29, 1.82) is 0 Å². The van der Waals surface area contributed by atoms with Crippen LogP contribution in [0.25, 0.3) is 0 Å². The minimum Gasteiger partial charge on any atom is -0.317 e. The smallest absolute Gasteiger partial charge is 0.317 e. The second-order valence-electron chi connectivity index (χ2n) is 4.99. The zero-order valence-electron chi connectivity index (χ0n) is 10.6. The van der Waals surface area contributed by atoms with Crippen LogP contribution in [-0.2, 0) is 12.4 Å². The predicted octanol–water partition coefficient (Wildman–Crippen LogP) is 4.19. The molecule has 0 heterocycles. The Labute approximate surface area is 112 Å². The number of hydrogen-bond donors (Lipinski definition) is 1. The van der Waals surface area contributed by atoms with Crippen molar-refractivity contribution < 1.29 is 26.3 Å². The van der Waals surface area contributed by atoms with Crippen molar-refractivity contribution in [3.63, 3.8) is 0 Å². The molecule has 0 radical (unpaired) electrons.